The lowest BCUT2D eigenvalue weighted by Gasteiger charge is -2.38. The van der Waals surface area contributed by atoms with Crippen molar-refractivity contribution in [3.05, 3.63) is 42.2 Å². The van der Waals surface area contributed by atoms with Crippen molar-refractivity contribution < 1.29 is 17.8 Å². The normalized spacial score (nSPS) is 21.3. The van der Waals surface area contributed by atoms with E-state index in [2.05, 4.69) is 10.2 Å². The second-order valence-electron chi connectivity index (χ2n) is 6.33. The molecule has 1 fully saturated rings. The fourth-order valence-corrected chi connectivity index (χ4v) is 4.09. The maximum atomic E-state index is 13.1. The Bertz CT molecular complexity index is 851. The molecule has 0 aliphatic carbocycles. The van der Waals surface area contributed by atoms with Crippen LogP contribution < -0.4 is 0 Å². The van der Waals surface area contributed by atoms with E-state index in [4.69, 9.17) is 4.55 Å². The Morgan fingerprint density at radius 2 is 1.92 bits per heavy atom. The molecule has 2 aromatic rings. The van der Waals surface area contributed by atoms with Gasteiger partial charge in [-0.05, 0) is 37.8 Å². The summed E-state index contributed by atoms with van der Waals surface area (Å²) in [6.07, 6.45) is 4.42. The molecule has 2 heterocycles. The molecule has 9 heteroatoms. The van der Waals surface area contributed by atoms with Crippen LogP contribution in [0.3, 0.4) is 0 Å². The van der Waals surface area contributed by atoms with E-state index in [1.807, 2.05) is 6.92 Å². The molecule has 0 saturated carbocycles. The summed E-state index contributed by atoms with van der Waals surface area (Å²) in [5.41, 5.74) is 1.03. The number of piperidine rings is 1. The highest BCUT2D eigenvalue weighted by Gasteiger charge is 2.32. The molecule has 134 valence electrons. The zero-order valence-electron chi connectivity index (χ0n) is 13.8. The number of carbonyl (C=O) groups excluding carboxylic acids is 1. The molecule has 0 bridgehead atoms. The highest BCUT2D eigenvalue weighted by atomic mass is 32.2. The quantitative estimate of drug-likeness (QED) is 0.822. The van der Waals surface area contributed by atoms with Crippen molar-refractivity contribution in [1.82, 2.24) is 19.9 Å². The van der Waals surface area contributed by atoms with Crippen molar-refractivity contribution in [3.63, 3.8) is 0 Å². The van der Waals surface area contributed by atoms with E-state index in [1.165, 1.54) is 17.2 Å². The minimum atomic E-state index is -4.06. The highest BCUT2D eigenvalue weighted by Crippen LogP contribution is 2.26. The van der Waals surface area contributed by atoms with Crippen LogP contribution >= 0.6 is 0 Å². The standard InChI is InChI=1S/C16H20N4O4S/c1-12-6-7-13(11-25(22,23)24)10-19(12)16(21)14-4-2-3-5-15(14)20-17-8-9-18-20/h2-5,8-9,12-13H,6-7,10-11H2,1H3,(H,22,23,24)/t12-,13+/m1/s1. The van der Waals surface area contributed by atoms with Gasteiger partial charge in [0.15, 0.2) is 0 Å². The monoisotopic (exact) mass is 364 g/mol. The average molecular weight is 364 g/mol. The van der Waals surface area contributed by atoms with Gasteiger partial charge in [0.25, 0.3) is 16.0 Å². The number of aromatic nitrogens is 3. The molecule has 1 saturated heterocycles. The Morgan fingerprint density at radius 3 is 2.60 bits per heavy atom. The van der Waals surface area contributed by atoms with Crippen molar-refractivity contribution in [2.75, 3.05) is 12.3 Å². The van der Waals surface area contributed by atoms with Crippen LogP contribution in [0.2, 0.25) is 0 Å². The van der Waals surface area contributed by atoms with Crippen LogP contribution in [0.5, 0.6) is 0 Å². The van der Waals surface area contributed by atoms with E-state index in [0.29, 0.717) is 30.6 Å². The van der Waals surface area contributed by atoms with Gasteiger partial charge in [0.1, 0.15) is 0 Å². The highest BCUT2D eigenvalue weighted by molar-refractivity contribution is 7.85. The van der Waals surface area contributed by atoms with Crippen LogP contribution in [0.1, 0.15) is 30.1 Å². The van der Waals surface area contributed by atoms with Gasteiger partial charge in [-0.25, -0.2) is 0 Å². The van der Waals surface area contributed by atoms with Gasteiger partial charge >= 0.3 is 0 Å². The number of likely N-dealkylation sites (tertiary alicyclic amines) is 1. The van der Waals surface area contributed by atoms with Gasteiger partial charge in [-0.1, -0.05) is 12.1 Å². The van der Waals surface area contributed by atoms with Crippen molar-refractivity contribution in [3.8, 4) is 5.69 Å². The summed E-state index contributed by atoms with van der Waals surface area (Å²) in [7, 11) is -4.06. The molecule has 1 amide bonds. The van der Waals surface area contributed by atoms with Crippen LogP contribution in [-0.2, 0) is 10.1 Å². The number of amides is 1. The Labute approximate surface area is 146 Å². The molecule has 8 nitrogen and oxygen atoms in total. The number of hydrogen-bond acceptors (Lipinski definition) is 5. The third-order valence-corrected chi connectivity index (χ3v) is 5.35. The zero-order chi connectivity index (χ0) is 18.0. The first-order valence-corrected chi connectivity index (χ1v) is 9.68. The average Bonchev–Trinajstić information content (AvgIpc) is 3.09. The van der Waals surface area contributed by atoms with Crippen LogP contribution in [0.4, 0.5) is 0 Å². The van der Waals surface area contributed by atoms with Gasteiger partial charge in [0.05, 0.1) is 29.4 Å². The van der Waals surface area contributed by atoms with Gasteiger partial charge in [0.2, 0.25) is 0 Å². The van der Waals surface area contributed by atoms with Crippen LogP contribution in [0.15, 0.2) is 36.7 Å². The molecule has 0 radical (unpaired) electrons. The molecule has 3 rings (SSSR count). The number of hydrogen-bond donors (Lipinski definition) is 1. The zero-order valence-corrected chi connectivity index (χ0v) is 14.6. The van der Waals surface area contributed by atoms with Gasteiger partial charge in [-0.2, -0.15) is 23.4 Å². The summed E-state index contributed by atoms with van der Waals surface area (Å²) in [5.74, 6) is -0.795. The smallest absolute Gasteiger partial charge is 0.265 e. The molecular weight excluding hydrogens is 344 g/mol. The SMILES string of the molecule is C[C@@H]1CC[C@H](CS(=O)(=O)O)CN1C(=O)c1ccccc1-n1nccn1. The first-order valence-electron chi connectivity index (χ1n) is 8.07. The van der Waals surface area contributed by atoms with E-state index in [9.17, 15) is 13.2 Å². The molecule has 0 spiro atoms. The summed E-state index contributed by atoms with van der Waals surface area (Å²) in [6, 6.07) is 7.03. The largest absolute Gasteiger partial charge is 0.336 e. The van der Waals surface area contributed by atoms with E-state index < -0.39 is 10.1 Å². The maximum absolute atomic E-state index is 13.1. The molecule has 1 aromatic heterocycles. The Morgan fingerprint density at radius 1 is 1.24 bits per heavy atom. The number of carbonyl (C=O) groups is 1. The number of nitrogens with zero attached hydrogens (tertiary/aromatic N) is 4. The first kappa shape index (κ1) is 17.6. The summed E-state index contributed by atoms with van der Waals surface area (Å²) in [4.78, 5) is 16.1. The molecule has 1 aliphatic rings. The lowest BCUT2D eigenvalue weighted by Crippen LogP contribution is -2.47. The Kier molecular flexibility index (Phi) is 4.87. The maximum Gasteiger partial charge on any atom is 0.265 e. The lowest BCUT2D eigenvalue weighted by molar-refractivity contribution is 0.0574. The summed E-state index contributed by atoms with van der Waals surface area (Å²) in [5, 5.41) is 8.16. The molecule has 1 N–H and O–H groups in total. The first-order chi connectivity index (χ1) is 11.8. The van der Waals surface area contributed by atoms with Gasteiger partial charge in [0, 0.05) is 12.6 Å². The van der Waals surface area contributed by atoms with Crippen LogP contribution in [0.25, 0.3) is 5.69 Å². The van der Waals surface area contributed by atoms with E-state index in [-0.39, 0.29) is 23.6 Å². The number of benzene rings is 1. The van der Waals surface area contributed by atoms with Gasteiger partial charge in [-0.15, -0.1) is 0 Å². The second-order valence-corrected chi connectivity index (χ2v) is 7.83. The van der Waals surface area contributed by atoms with E-state index in [1.54, 1.807) is 29.2 Å². The van der Waals surface area contributed by atoms with E-state index >= 15 is 0 Å². The van der Waals surface area contributed by atoms with Crippen LogP contribution in [-0.4, -0.2) is 57.1 Å². The predicted molar refractivity (Wildman–Crippen MR) is 91.0 cm³/mol. The third kappa shape index (κ3) is 4.05. The third-order valence-electron chi connectivity index (χ3n) is 4.46. The molecule has 2 atom stereocenters. The predicted octanol–water partition coefficient (Wildman–Crippen LogP) is 1.40. The topological polar surface area (TPSA) is 105 Å². The second kappa shape index (κ2) is 6.93. The lowest BCUT2D eigenvalue weighted by atomic mass is 9.94. The van der Waals surface area contributed by atoms with Gasteiger partial charge < -0.3 is 4.90 Å². The number of para-hydroxylation sites is 1. The minimum absolute atomic E-state index is 0.0104. The molecule has 1 aliphatic heterocycles. The molecule has 25 heavy (non-hydrogen) atoms. The van der Waals surface area contributed by atoms with Crippen molar-refractivity contribution >= 4 is 16.0 Å². The van der Waals surface area contributed by atoms with Crippen molar-refractivity contribution in [2.24, 2.45) is 5.92 Å². The Hall–Kier alpha value is -2.26. The molecule has 1 aromatic carbocycles. The fraction of sp³-hybridized carbons (Fsp3) is 0.438. The van der Waals surface area contributed by atoms with Gasteiger partial charge in [-0.3, -0.25) is 9.35 Å². The van der Waals surface area contributed by atoms with Crippen LogP contribution in [0, 0.1) is 5.92 Å². The van der Waals surface area contributed by atoms with Crippen molar-refractivity contribution in [2.45, 2.75) is 25.8 Å². The summed E-state index contributed by atoms with van der Waals surface area (Å²) >= 11 is 0. The fourth-order valence-electron chi connectivity index (χ4n) is 3.22. The summed E-state index contributed by atoms with van der Waals surface area (Å²) < 4.78 is 31.4. The Balaban J connectivity index is 1.87. The van der Waals surface area contributed by atoms with E-state index in [0.717, 1.165) is 0 Å². The summed E-state index contributed by atoms with van der Waals surface area (Å²) in [6.45, 7) is 2.23. The minimum Gasteiger partial charge on any atom is -0.336 e. The van der Waals surface area contributed by atoms with Crippen molar-refractivity contribution in [1.29, 1.82) is 0 Å². The number of rotatable bonds is 4. The molecule has 0 unspecified atom stereocenters. The molecular formula is C16H20N4O4S.